The zero-order valence-corrected chi connectivity index (χ0v) is 14.3. The monoisotopic (exact) mass is 317 g/mol. The Balaban J connectivity index is 1.64. The molecule has 2 fully saturated rings. The second-order valence-electron chi connectivity index (χ2n) is 7.75. The molecule has 0 unspecified atom stereocenters. The van der Waals surface area contributed by atoms with Gasteiger partial charge in [0.1, 0.15) is 11.4 Å². The Bertz CT molecular complexity index is 582. The fraction of sp³-hybridized carbons (Fsp3) is 0.667. The van der Waals surface area contributed by atoms with Gasteiger partial charge in [-0.3, -0.25) is 0 Å². The first kappa shape index (κ1) is 16.1. The molecular weight excluding hydrogens is 290 g/mol. The Labute approximate surface area is 138 Å². The van der Waals surface area contributed by atoms with Crippen molar-refractivity contribution in [2.75, 3.05) is 18.8 Å². The maximum atomic E-state index is 12.2. The molecule has 1 aromatic rings. The quantitative estimate of drug-likeness (QED) is 0.904. The number of ether oxygens (including phenoxy) is 1. The summed E-state index contributed by atoms with van der Waals surface area (Å²) < 4.78 is 5.46. The number of rotatable bonds is 2. The summed E-state index contributed by atoms with van der Waals surface area (Å²) in [5, 5.41) is 0. The number of nitrogen functional groups attached to an aromatic ring is 1. The summed E-state index contributed by atoms with van der Waals surface area (Å²) in [4.78, 5) is 18.3. The van der Waals surface area contributed by atoms with Crippen LogP contribution in [-0.4, -0.2) is 34.7 Å². The minimum atomic E-state index is -0.437. The predicted molar refractivity (Wildman–Crippen MR) is 90.4 cm³/mol. The molecule has 1 aliphatic heterocycles. The first-order chi connectivity index (χ1) is 10.8. The van der Waals surface area contributed by atoms with Gasteiger partial charge in [0.25, 0.3) is 0 Å². The molecule has 0 spiro atoms. The molecule has 3 rings (SSSR count). The van der Waals surface area contributed by atoms with Gasteiger partial charge in [-0.15, -0.1) is 0 Å². The van der Waals surface area contributed by atoms with Crippen LogP contribution in [0.3, 0.4) is 0 Å². The molecule has 0 bridgehead atoms. The highest BCUT2D eigenvalue weighted by atomic mass is 16.6. The summed E-state index contributed by atoms with van der Waals surface area (Å²) in [5.74, 6) is 1.75. The van der Waals surface area contributed by atoms with Crippen molar-refractivity contribution in [3.63, 3.8) is 0 Å². The molecule has 2 heterocycles. The van der Waals surface area contributed by atoms with Gasteiger partial charge < -0.3 is 15.4 Å². The molecule has 0 aromatic carbocycles. The Morgan fingerprint density at radius 1 is 1.17 bits per heavy atom. The molecule has 1 aliphatic carbocycles. The maximum absolute atomic E-state index is 12.2. The molecular formula is C18H27N3O2. The van der Waals surface area contributed by atoms with Crippen LogP contribution in [0.1, 0.15) is 69.4 Å². The zero-order chi connectivity index (χ0) is 16.6. The molecule has 5 nitrogen and oxygen atoms in total. The standard InChI is InChI=1S/C18H27N3O2/c1-18(2,3)23-17(22)21-8-6-13(7-9-21)15-11-20-16(19)10-14(15)12-4-5-12/h10-13H,4-9H2,1-3H3,(H2,19,20). The van der Waals surface area contributed by atoms with E-state index in [9.17, 15) is 4.79 Å². The van der Waals surface area contributed by atoms with Gasteiger partial charge >= 0.3 is 6.09 Å². The van der Waals surface area contributed by atoms with Gasteiger partial charge in [-0.25, -0.2) is 9.78 Å². The average molecular weight is 317 g/mol. The van der Waals surface area contributed by atoms with Crippen molar-refractivity contribution in [3.8, 4) is 0 Å². The molecule has 23 heavy (non-hydrogen) atoms. The number of carbonyl (C=O) groups is 1. The van der Waals surface area contributed by atoms with E-state index in [0.717, 1.165) is 25.9 Å². The van der Waals surface area contributed by atoms with Gasteiger partial charge in [0.15, 0.2) is 0 Å². The number of hydrogen-bond acceptors (Lipinski definition) is 4. The summed E-state index contributed by atoms with van der Waals surface area (Å²) in [5.41, 5.74) is 8.15. The van der Waals surface area contributed by atoms with Crippen LogP contribution in [0.4, 0.5) is 10.6 Å². The average Bonchev–Trinajstić information content (AvgIpc) is 3.30. The number of likely N-dealkylation sites (tertiary alicyclic amines) is 1. The van der Waals surface area contributed by atoms with Gasteiger partial charge in [-0.1, -0.05) is 0 Å². The van der Waals surface area contributed by atoms with Gasteiger partial charge in [0.05, 0.1) is 0 Å². The number of nitrogens with two attached hydrogens (primary N) is 1. The van der Waals surface area contributed by atoms with E-state index >= 15 is 0 Å². The second-order valence-corrected chi connectivity index (χ2v) is 7.75. The van der Waals surface area contributed by atoms with E-state index < -0.39 is 5.60 Å². The van der Waals surface area contributed by atoms with E-state index in [1.54, 1.807) is 0 Å². The summed E-state index contributed by atoms with van der Waals surface area (Å²) >= 11 is 0. The van der Waals surface area contributed by atoms with E-state index in [1.807, 2.05) is 37.9 Å². The number of carbonyl (C=O) groups excluding carboxylic acids is 1. The summed E-state index contributed by atoms with van der Waals surface area (Å²) in [6.45, 7) is 7.20. The first-order valence-corrected chi connectivity index (χ1v) is 8.57. The fourth-order valence-corrected chi connectivity index (χ4v) is 3.29. The predicted octanol–water partition coefficient (Wildman–Crippen LogP) is 3.66. The van der Waals surface area contributed by atoms with E-state index in [4.69, 9.17) is 10.5 Å². The van der Waals surface area contributed by atoms with Crippen molar-refractivity contribution < 1.29 is 9.53 Å². The van der Waals surface area contributed by atoms with Gasteiger partial charge in [-0.2, -0.15) is 0 Å². The van der Waals surface area contributed by atoms with Crippen LogP contribution < -0.4 is 5.73 Å². The topological polar surface area (TPSA) is 68.5 Å². The first-order valence-electron chi connectivity index (χ1n) is 8.57. The second kappa shape index (κ2) is 6.02. The number of hydrogen-bond donors (Lipinski definition) is 1. The third kappa shape index (κ3) is 3.95. The van der Waals surface area contributed by atoms with E-state index in [2.05, 4.69) is 4.98 Å². The minimum absolute atomic E-state index is 0.200. The molecule has 1 aromatic heterocycles. The fourth-order valence-electron chi connectivity index (χ4n) is 3.29. The Hall–Kier alpha value is -1.78. The summed E-state index contributed by atoms with van der Waals surface area (Å²) in [6, 6.07) is 2.05. The molecule has 1 saturated heterocycles. The van der Waals surface area contributed by atoms with Crippen LogP contribution in [0.15, 0.2) is 12.3 Å². The van der Waals surface area contributed by atoms with Crippen molar-refractivity contribution in [3.05, 3.63) is 23.4 Å². The molecule has 2 N–H and O–H groups in total. The number of amides is 1. The minimum Gasteiger partial charge on any atom is -0.444 e. The van der Waals surface area contributed by atoms with Crippen molar-refractivity contribution in [2.24, 2.45) is 0 Å². The smallest absolute Gasteiger partial charge is 0.410 e. The largest absolute Gasteiger partial charge is 0.444 e. The SMILES string of the molecule is CC(C)(C)OC(=O)N1CCC(c2cnc(N)cc2C2CC2)CC1. The van der Waals surface area contributed by atoms with Crippen molar-refractivity contribution in [1.29, 1.82) is 0 Å². The lowest BCUT2D eigenvalue weighted by molar-refractivity contribution is 0.0204. The van der Waals surface area contributed by atoms with Crippen LogP contribution >= 0.6 is 0 Å². The third-order valence-electron chi connectivity index (χ3n) is 4.59. The van der Waals surface area contributed by atoms with Crippen LogP contribution in [0.25, 0.3) is 0 Å². The summed E-state index contributed by atoms with van der Waals surface area (Å²) in [7, 11) is 0. The molecule has 1 amide bonds. The van der Waals surface area contributed by atoms with E-state index in [-0.39, 0.29) is 6.09 Å². The number of anilines is 1. The normalized spacial score (nSPS) is 19.7. The number of pyridine rings is 1. The molecule has 126 valence electrons. The number of nitrogens with zero attached hydrogens (tertiary/aromatic N) is 2. The Kier molecular flexibility index (Phi) is 4.21. The highest BCUT2D eigenvalue weighted by Gasteiger charge is 2.32. The van der Waals surface area contributed by atoms with Gasteiger partial charge in [0, 0.05) is 19.3 Å². The van der Waals surface area contributed by atoms with E-state index in [1.165, 1.54) is 24.0 Å². The summed E-state index contributed by atoms with van der Waals surface area (Å²) in [6.07, 6.45) is 6.19. The van der Waals surface area contributed by atoms with E-state index in [0.29, 0.717) is 17.7 Å². The lowest BCUT2D eigenvalue weighted by Gasteiger charge is -2.34. The van der Waals surface area contributed by atoms with Crippen LogP contribution in [0.5, 0.6) is 0 Å². The van der Waals surface area contributed by atoms with Gasteiger partial charge in [-0.05, 0) is 75.5 Å². The number of aromatic nitrogens is 1. The maximum Gasteiger partial charge on any atom is 0.410 e. The highest BCUT2D eigenvalue weighted by Crippen LogP contribution is 2.45. The Morgan fingerprint density at radius 2 is 1.78 bits per heavy atom. The van der Waals surface area contributed by atoms with Crippen molar-refractivity contribution in [2.45, 2.75) is 63.9 Å². The van der Waals surface area contributed by atoms with Crippen LogP contribution in [0.2, 0.25) is 0 Å². The molecule has 0 radical (unpaired) electrons. The van der Waals surface area contributed by atoms with Crippen LogP contribution in [0, 0.1) is 0 Å². The van der Waals surface area contributed by atoms with Crippen molar-refractivity contribution >= 4 is 11.9 Å². The molecule has 0 atom stereocenters. The van der Waals surface area contributed by atoms with Crippen molar-refractivity contribution in [1.82, 2.24) is 9.88 Å². The molecule has 5 heteroatoms. The molecule has 2 aliphatic rings. The lowest BCUT2D eigenvalue weighted by atomic mass is 9.86. The van der Waals surface area contributed by atoms with Crippen LogP contribution in [-0.2, 0) is 4.74 Å². The third-order valence-corrected chi connectivity index (χ3v) is 4.59. The zero-order valence-electron chi connectivity index (χ0n) is 14.3. The number of piperidine rings is 1. The lowest BCUT2D eigenvalue weighted by Crippen LogP contribution is -2.41. The highest BCUT2D eigenvalue weighted by molar-refractivity contribution is 5.68. The van der Waals surface area contributed by atoms with Gasteiger partial charge in [0.2, 0.25) is 0 Å². The Morgan fingerprint density at radius 3 is 2.35 bits per heavy atom. The molecule has 1 saturated carbocycles.